The first-order valence-electron chi connectivity index (χ1n) is 7.47. The monoisotopic (exact) mass is 296 g/mol. The minimum atomic E-state index is -3.62. The molecule has 0 saturated heterocycles. The van der Waals surface area contributed by atoms with Gasteiger partial charge in [-0.2, -0.15) is 8.42 Å². The maximum absolute atomic E-state index is 12.3. The van der Waals surface area contributed by atoms with Gasteiger partial charge in [0, 0.05) is 0 Å². The van der Waals surface area contributed by atoms with Gasteiger partial charge in [-0.3, -0.25) is 4.18 Å². The van der Waals surface area contributed by atoms with Crippen LogP contribution in [0.2, 0.25) is 0 Å². The van der Waals surface area contributed by atoms with Crippen molar-refractivity contribution in [2.75, 3.05) is 0 Å². The van der Waals surface area contributed by atoms with Gasteiger partial charge in [-0.05, 0) is 37.8 Å². The second kappa shape index (κ2) is 6.72. The zero-order valence-electron chi connectivity index (χ0n) is 12.3. The van der Waals surface area contributed by atoms with Crippen LogP contribution < -0.4 is 0 Å². The molecule has 112 valence electrons. The van der Waals surface area contributed by atoms with Crippen LogP contribution >= 0.6 is 0 Å². The summed E-state index contributed by atoms with van der Waals surface area (Å²) >= 11 is 0. The lowest BCUT2D eigenvalue weighted by atomic mass is 9.91. The predicted molar refractivity (Wildman–Crippen MR) is 80.1 cm³/mol. The van der Waals surface area contributed by atoms with Gasteiger partial charge in [-0.1, -0.05) is 50.3 Å². The second-order valence-corrected chi connectivity index (χ2v) is 7.52. The first-order valence-corrected chi connectivity index (χ1v) is 8.88. The largest absolute Gasteiger partial charge is 0.297 e. The van der Waals surface area contributed by atoms with E-state index in [1.165, 1.54) is 12.8 Å². The van der Waals surface area contributed by atoms with Gasteiger partial charge in [-0.25, -0.2) is 0 Å². The molecule has 0 N–H and O–H groups in total. The molecule has 0 unspecified atom stereocenters. The fourth-order valence-electron chi connectivity index (χ4n) is 2.71. The molecule has 20 heavy (non-hydrogen) atoms. The highest BCUT2D eigenvalue weighted by atomic mass is 32.2. The Labute approximate surface area is 122 Å². The average molecular weight is 296 g/mol. The van der Waals surface area contributed by atoms with Crippen molar-refractivity contribution in [3.8, 4) is 0 Å². The zero-order valence-corrected chi connectivity index (χ0v) is 13.2. The molecule has 0 amide bonds. The molecule has 1 aliphatic rings. The molecule has 0 aliphatic heterocycles. The SMILES string of the molecule is Cc1ccc(S(=O)(=O)O[C@H]2CCC[C@@H](C)CCC2)cc1. The van der Waals surface area contributed by atoms with Crippen molar-refractivity contribution in [2.45, 2.75) is 63.4 Å². The number of hydrogen-bond acceptors (Lipinski definition) is 3. The average Bonchev–Trinajstić information content (AvgIpc) is 2.36. The summed E-state index contributed by atoms with van der Waals surface area (Å²) in [5.41, 5.74) is 1.05. The summed E-state index contributed by atoms with van der Waals surface area (Å²) < 4.78 is 30.0. The number of hydrogen-bond donors (Lipinski definition) is 0. The van der Waals surface area contributed by atoms with Crippen LogP contribution in [0.1, 0.15) is 51.0 Å². The van der Waals surface area contributed by atoms with Gasteiger partial charge in [0.05, 0.1) is 11.0 Å². The van der Waals surface area contributed by atoms with Crippen LogP contribution in [0.3, 0.4) is 0 Å². The van der Waals surface area contributed by atoms with Crippen molar-refractivity contribution < 1.29 is 12.6 Å². The molecule has 0 spiro atoms. The van der Waals surface area contributed by atoms with Crippen LogP contribution in [0.4, 0.5) is 0 Å². The normalized spacial score (nSPS) is 24.9. The van der Waals surface area contributed by atoms with Crippen LogP contribution in [0.5, 0.6) is 0 Å². The lowest BCUT2D eigenvalue weighted by Gasteiger charge is -2.22. The van der Waals surface area contributed by atoms with Gasteiger partial charge >= 0.3 is 0 Å². The Kier molecular flexibility index (Phi) is 5.22. The van der Waals surface area contributed by atoms with E-state index < -0.39 is 10.1 Å². The Hall–Kier alpha value is -0.870. The van der Waals surface area contributed by atoms with E-state index in [4.69, 9.17) is 4.18 Å². The third kappa shape index (κ3) is 4.32. The van der Waals surface area contributed by atoms with Crippen LogP contribution in [0, 0.1) is 12.8 Å². The molecule has 0 heterocycles. The van der Waals surface area contributed by atoms with E-state index in [2.05, 4.69) is 6.92 Å². The van der Waals surface area contributed by atoms with Crippen molar-refractivity contribution in [3.63, 3.8) is 0 Å². The topological polar surface area (TPSA) is 43.4 Å². The standard InChI is InChI=1S/C16H24O3S/c1-13-5-3-7-15(8-4-6-13)19-20(17,18)16-11-9-14(2)10-12-16/h9-13,15H,3-8H2,1-2H3/t13-,15+. The Morgan fingerprint density at radius 3 is 2.10 bits per heavy atom. The minimum Gasteiger partial charge on any atom is -0.263 e. The van der Waals surface area contributed by atoms with Gasteiger partial charge in [-0.15, -0.1) is 0 Å². The fraction of sp³-hybridized carbons (Fsp3) is 0.625. The van der Waals surface area contributed by atoms with E-state index in [0.717, 1.165) is 37.2 Å². The van der Waals surface area contributed by atoms with Crippen molar-refractivity contribution in [3.05, 3.63) is 29.8 Å². The predicted octanol–water partition coefficient (Wildman–Crippen LogP) is 4.06. The molecule has 0 bridgehead atoms. The van der Waals surface area contributed by atoms with Gasteiger partial charge in [0.1, 0.15) is 0 Å². The summed E-state index contributed by atoms with van der Waals surface area (Å²) in [5, 5.41) is 0. The second-order valence-electron chi connectivity index (χ2n) is 5.95. The first kappa shape index (κ1) is 15.5. The molecule has 0 aromatic heterocycles. The summed E-state index contributed by atoms with van der Waals surface area (Å²) in [6, 6.07) is 6.84. The third-order valence-electron chi connectivity index (χ3n) is 4.02. The van der Waals surface area contributed by atoms with E-state index in [9.17, 15) is 8.42 Å². The van der Waals surface area contributed by atoms with Crippen molar-refractivity contribution in [2.24, 2.45) is 5.92 Å². The van der Waals surface area contributed by atoms with E-state index in [1.54, 1.807) is 24.3 Å². The molecule has 3 nitrogen and oxygen atoms in total. The Morgan fingerprint density at radius 2 is 1.55 bits per heavy atom. The van der Waals surface area contributed by atoms with E-state index in [1.807, 2.05) is 6.92 Å². The molecule has 2 rings (SSSR count). The molecule has 1 aromatic rings. The van der Waals surface area contributed by atoms with Crippen LogP contribution in [-0.2, 0) is 14.3 Å². The van der Waals surface area contributed by atoms with Crippen LogP contribution in [0.25, 0.3) is 0 Å². The molecule has 1 aliphatic carbocycles. The summed E-state index contributed by atoms with van der Waals surface area (Å²) in [5.74, 6) is 0.754. The third-order valence-corrected chi connectivity index (χ3v) is 5.39. The Balaban J connectivity index is 2.02. The highest BCUT2D eigenvalue weighted by Gasteiger charge is 2.23. The first-order chi connectivity index (χ1) is 9.47. The summed E-state index contributed by atoms with van der Waals surface area (Å²) in [4.78, 5) is 0.263. The highest BCUT2D eigenvalue weighted by Crippen LogP contribution is 2.26. The maximum Gasteiger partial charge on any atom is 0.297 e. The maximum atomic E-state index is 12.3. The molecular formula is C16H24O3S. The fourth-order valence-corrected chi connectivity index (χ4v) is 3.84. The lowest BCUT2D eigenvalue weighted by Crippen LogP contribution is -2.20. The van der Waals surface area contributed by atoms with Gasteiger partial charge in [0.15, 0.2) is 0 Å². The molecule has 0 radical (unpaired) electrons. The zero-order chi connectivity index (χ0) is 14.6. The number of benzene rings is 1. The van der Waals surface area contributed by atoms with Gasteiger partial charge in [0.25, 0.3) is 10.1 Å². The van der Waals surface area contributed by atoms with E-state index in [-0.39, 0.29) is 11.0 Å². The Morgan fingerprint density at radius 1 is 1.00 bits per heavy atom. The summed E-state index contributed by atoms with van der Waals surface area (Å²) in [6.07, 6.45) is 5.97. The van der Waals surface area contributed by atoms with Crippen molar-refractivity contribution in [1.29, 1.82) is 0 Å². The lowest BCUT2D eigenvalue weighted by molar-refractivity contribution is 0.166. The smallest absolute Gasteiger partial charge is 0.263 e. The van der Waals surface area contributed by atoms with E-state index >= 15 is 0 Å². The van der Waals surface area contributed by atoms with Crippen molar-refractivity contribution >= 4 is 10.1 Å². The summed E-state index contributed by atoms with van der Waals surface area (Å²) in [7, 11) is -3.62. The van der Waals surface area contributed by atoms with Crippen LogP contribution in [-0.4, -0.2) is 14.5 Å². The molecule has 0 atom stereocenters. The number of aryl methyl sites for hydroxylation is 1. The summed E-state index contributed by atoms with van der Waals surface area (Å²) in [6.45, 7) is 4.21. The molecule has 1 aromatic carbocycles. The highest BCUT2D eigenvalue weighted by molar-refractivity contribution is 7.86. The Bertz CT molecular complexity index is 509. The van der Waals surface area contributed by atoms with Crippen LogP contribution in [0.15, 0.2) is 29.2 Å². The van der Waals surface area contributed by atoms with Gasteiger partial charge in [0.2, 0.25) is 0 Å². The van der Waals surface area contributed by atoms with Gasteiger partial charge < -0.3 is 0 Å². The molecule has 4 heteroatoms. The molecular weight excluding hydrogens is 272 g/mol. The van der Waals surface area contributed by atoms with E-state index in [0.29, 0.717) is 0 Å². The quantitative estimate of drug-likeness (QED) is 0.790. The number of rotatable bonds is 3. The molecule has 1 fully saturated rings. The molecule has 1 saturated carbocycles. The van der Waals surface area contributed by atoms with Crippen molar-refractivity contribution in [1.82, 2.24) is 0 Å². The minimum absolute atomic E-state index is 0.159.